The van der Waals surface area contributed by atoms with Gasteiger partial charge in [-0.1, -0.05) is 0 Å². The number of nitrogens with one attached hydrogen (secondary N) is 1. The molecule has 2 aliphatic rings. The van der Waals surface area contributed by atoms with Gasteiger partial charge in [0, 0.05) is 39.8 Å². The summed E-state index contributed by atoms with van der Waals surface area (Å²) < 4.78 is 10.2. The van der Waals surface area contributed by atoms with E-state index in [1.54, 1.807) is 14.2 Å². The van der Waals surface area contributed by atoms with E-state index in [9.17, 15) is 4.79 Å². The Labute approximate surface area is 134 Å². The lowest BCUT2D eigenvalue weighted by molar-refractivity contribution is -0.134. The molecule has 0 aromatic rings. The highest BCUT2D eigenvalue weighted by atomic mass is 35.5. The van der Waals surface area contributed by atoms with Crippen molar-refractivity contribution in [2.45, 2.75) is 25.7 Å². The Balaban J connectivity index is 0.00000220. The third-order valence-corrected chi connectivity index (χ3v) is 4.74. The van der Waals surface area contributed by atoms with Crippen LogP contribution < -0.4 is 5.32 Å². The molecule has 1 heterocycles. The third kappa shape index (κ3) is 4.81. The van der Waals surface area contributed by atoms with E-state index in [2.05, 4.69) is 5.32 Å². The first-order valence-corrected chi connectivity index (χ1v) is 7.71. The van der Waals surface area contributed by atoms with Gasteiger partial charge in [0.1, 0.15) is 0 Å². The lowest BCUT2D eigenvalue weighted by atomic mass is 9.91. The number of halogens is 1. The van der Waals surface area contributed by atoms with Crippen molar-refractivity contribution in [3.8, 4) is 0 Å². The summed E-state index contributed by atoms with van der Waals surface area (Å²) in [7, 11) is 3.38. The lowest BCUT2D eigenvalue weighted by Gasteiger charge is -2.27. The number of carbonyl (C=O) groups excluding carboxylic acids is 1. The second kappa shape index (κ2) is 8.93. The van der Waals surface area contributed by atoms with E-state index in [1.165, 1.54) is 0 Å². The van der Waals surface area contributed by atoms with Crippen molar-refractivity contribution in [1.29, 1.82) is 0 Å². The summed E-state index contributed by atoms with van der Waals surface area (Å²) in [6.45, 7) is 4.91. The number of methoxy groups -OCH3 is 2. The first-order chi connectivity index (χ1) is 9.73. The van der Waals surface area contributed by atoms with Gasteiger partial charge in [0.25, 0.3) is 0 Å². The van der Waals surface area contributed by atoms with E-state index in [0.29, 0.717) is 31.1 Å². The molecule has 1 spiro atoms. The van der Waals surface area contributed by atoms with Crippen LogP contribution in [-0.2, 0) is 14.3 Å². The van der Waals surface area contributed by atoms with Crippen LogP contribution in [0.25, 0.3) is 0 Å². The highest BCUT2D eigenvalue weighted by Crippen LogP contribution is 2.59. The van der Waals surface area contributed by atoms with Gasteiger partial charge in [-0.15, -0.1) is 12.4 Å². The molecule has 1 aliphatic carbocycles. The van der Waals surface area contributed by atoms with Crippen molar-refractivity contribution in [2.24, 2.45) is 11.3 Å². The Morgan fingerprint density at radius 3 is 2.48 bits per heavy atom. The molecule has 1 saturated heterocycles. The maximum atomic E-state index is 12.7. The minimum absolute atomic E-state index is 0. The Bertz CT molecular complexity index is 322. The molecule has 6 heteroatoms. The van der Waals surface area contributed by atoms with Crippen LogP contribution in [0, 0.1) is 11.3 Å². The predicted molar refractivity (Wildman–Crippen MR) is 84.8 cm³/mol. The minimum atomic E-state index is 0. The number of nitrogens with zero attached hydrogens (tertiary/aromatic N) is 1. The van der Waals surface area contributed by atoms with Crippen molar-refractivity contribution in [2.75, 3.05) is 53.6 Å². The Hall–Kier alpha value is -0.360. The standard InChI is InChI=1S/C15H28N2O3.ClH/c1-19-10-3-8-17(9-11-20-2)14(18)13-12-15(13)4-6-16-7-5-15;/h13,16H,3-12H2,1-2H3;1H. The molecular formula is C15H29ClN2O3. The van der Waals surface area contributed by atoms with Gasteiger partial charge in [-0.05, 0) is 44.2 Å². The number of amides is 1. The summed E-state index contributed by atoms with van der Waals surface area (Å²) in [5, 5.41) is 3.38. The Morgan fingerprint density at radius 2 is 1.86 bits per heavy atom. The maximum Gasteiger partial charge on any atom is 0.226 e. The van der Waals surface area contributed by atoms with Crippen LogP contribution in [0.3, 0.4) is 0 Å². The molecule has 2 rings (SSSR count). The molecule has 1 amide bonds. The summed E-state index contributed by atoms with van der Waals surface area (Å²) in [4.78, 5) is 14.7. The minimum Gasteiger partial charge on any atom is -0.385 e. The van der Waals surface area contributed by atoms with E-state index in [1.807, 2.05) is 4.90 Å². The van der Waals surface area contributed by atoms with Crippen LogP contribution in [-0.4, -0.2) is 64.4 Å². The van der Waals surface area contributed by atoms with Crippen LogP contribution in [0.2, 0.25) is 0 Å². The zero-order valence-electron chi connectivity index (χ0n) is 13.2. The first kappa shape index (κ1) is 18.7. The fraction of sp³-hybridized carbons (Fsp3) is 0.933. The van der Waals surface area contributed by atoms with Gasteiger partial charge >= 0.3 is 0 Å². The molecule has 0 aromatic heterocycles. The monoisotopic (exact) mass is 320 g/mol. The molecule has 5 nitrogen and oxygen atoms in total. The van der Waals surface area contributed by atoms with E-state index in [0.717, 1.165) is 45.3 Å². The van der Waals surface area contributed by atoms with Crippen molar-refractivity contribution >= 4 is 18.3 Å². The predicted octanol–water partition coefficient (Wildman–Crippen LogP) is 1.31. The number of hydrogen-bond acceptors (Lipinski definition) is 4. The number of piperidine rings is 1. The molecule has 1 aliphatic heterocycles. The molecule has 0 radical (unpaired) electrons. The highest BCUT2D eigenvalue weighted by molar-refractivity contribution is 5.85. The van der Waals surface area contributed by atoms with E-state index in [-0.39, 0.29) is 18.3 Å². The molecule has 1 atom stereocenters. The summed E-state index contributed by atoms with van der Waals surface area (Å²) in [6.07, 6.45) is 4.29. The third-order valence-electron chi connectivity index (χ3n) is 4.74. The van der Waals surface area contributed by atoms with Crippen LogP contribution in [0.5, 0.6) is 0 Å². The van der Waals surface area contributed by atoms with Gasteiger partial charge in [-0.2, -0.15) is 0 Å². The highest BCUT2D eigenvalue weighted by Gasteiger charge is 2.58. The largest absolute Gasteiger partial charge is 0.385 e. The molecular weight excluding hydrogens is 292 g/mol. The molecule has 1 saturated carbocycles. The first-order valence-electron chi connectivity index (χ1n) is 7.71. The average Bonchev–Trinajstić information content (AvgIpc) is 3.16. The van der Waals surface area contributed by atoms with E-state index < -0.39 is 0 Å². The summed E-state index contributed by atoms with van der Waals surface area (Å²) in [6, 6.07) is 0. The smallest absolute Gasteiger partial charge is 0.226 e. The Morgan fingerprint density at radius 1 is 1.19 bits per heavy atom. The van der Waals surface area contributed by atoms with Gasteiger partial charge < -0.3 is 19.7 Å². The van der Waals surface area contributed by atoms with Gasteiger partial charge in [0.05, 0.1) is 6.61 Å². The number of hydrogen-bond donors (Lipinski definition) is 1. The summed E-state index contributed by atoms with van der Waals surface area (Å²) in [5.74, 6) is 0.587. The van der Waals surface area contributed by atoms with Crippen molar-refractivity contribution < 1.29 is 14.3 Å². The molecule has 2 fully saturated rings. The van der Waals surface area contributed by atoms with Crippen LogP contribution in [0.4, 0.5) is 0 Å². The molecule has 1 N–H and O–H groups in total. The fourth-order valence-electron chi connectivity index (χ4n) is 3.33. The van der Waals surface area contributed by atoms with E-state index in [4.69, 9.17) is 9.47 Å². The van der Waals surface area contributed by atoms with Crippen LogP contribution in [0.1, 0.15) is 25.7 Å². The lowest BCUT2D eigenvalue weighted by Crippen LogP contribution is -2.39. The molecule has 124 valence electrons. The second-order valence-corrected chi connectivity index (χ2v) is 6.03. The second-order valence-electron chi connectivity index (χ2n) is 6.03. The van der Waals surface area contributed by atoms with E-state index >= 15 is 0 Å². The zero-order chi connectivity index (χ0) is 14.4. The molecule has 21 heavy (non-hydrogen) atoms. The Kier molecular flexibility index (Phi) is 7.95. The number of carbonyl (C=O) groups is 1. The average molecular weight is 321 g/mol. The maximum absolute atomic E-state index is 12.7. The van der Waals surface area contributed by atoms with Gasteiger partial charge in [0.15, 0.2) is 0 Å². The quantitative estimate of drug-likeness (QED) is 0.685. The number of ether oxygens (including phenoxy) is 2. The van der Waals surface area contributed by atoms with Gasteiger partial charge in [-0.25, -0.2) is 0 Å². The van der Waals surface area contributed by atoms with Crippen molar-refractivity contribution in [3.05, 3.63) is 0 Å². The van der Waals surface area contributed by atoms with Crippen molar-refractivity contribution in [3.63, 3.8) is 0 Å². The molecule has 0 aromatic carbocycles. The molecule has 0 bridgehead atoms. The summed E-state index contributed by atoms with van der Waals surface area (Å²) >= 11 is 0. The van der Waals surface area contributed by atoms with Crippen molar-refractivity contribution in [1.82, 2.24) is 10.2 Å². The normalized spacial score (nSPS) is 22.7. The molecule has 1 unspecified atom stereocenters. The fourth-order valence-corrected chi connectivity index (χ4v) is 3.33. The van der Waals surface area contributed by atoms with Gasteiger partial charge in [-0.3, -0.25) is 4.79 Å². The SMILES string of the molecule is COCCCN(CCOC)C(=O)C1CC12CCNCC2.Cl. The zero-order valence-corrected chi connectivity index (χ0v) is 14.0. The van der Waals surface area contributed by atoms with Crippen LogP contribution in [0.15, 0.2) is 0 Å². The summed E-state index contributed by atoms with van der Waals surface area (Å²) in [5.41, 5.74) is 0.314. The number of rotatable bonds is 8. The van der Waals surface area contributed by atoms with Gasteiger partial charge in [0.2, 0.25) is 5.91 Å². The van der Waals surface area contributed by atoms with Crippen LogP contribution >= 0.6 is 12.4 Å². The topological polar surface area (TPSA) is 50.8 Å².